The Morgan fingerprint density at radius 2 is 1.06 bits per heavy atom. The fourth-order valence-electron chi connectivity index (χ4n) is 1.82. The van der Waals surface area contributed by atoms with E-state index in [4.69, 9.17) is 0 Å². The highest BCUT2D eigenvalue weighted by atomic mass is 15.5. The molecule has 1 fully saturated rings. The van der Waals surface area contributed by atoms with Gasteiger partial charge >= 0.3 is 0 Å². The molecule has 0 atom stereocenters. The zero-order valence-corrected chi connectivity index (χ0v) is 12.3. The van der Waals surface area contributed by atoms with Crippen molar-refractivity contribution in [1.82, 2.24) is 15.0 Å². The summed E-state index contributed by atoms with van der Waals surface area (Å²) in [5.74, 6) is 0. The Bertz CT molecular complexity index is 337. The second-order valence-electron chi connectivity index (χ2n) is 4.94. The molecule has 0 aliphatic heterocycles. The Kier molecular flexibility index (Phi) is 5.12. The van der Waals surface area contributed by atoms with Crippen LogP contribution in [0.25, 0.3) is 0 Å². The van der Waals surface area contributed by atoms with Crippen molar-refractivity contribution in [2.75, 3.05) is 42.3 Å². The molecule has 1 saturated carbocycles. The van der Waals surface area contributed by atoms with E-state index in [-0.39, 0.29) is 0 Å². The fourth-order valence-corrected chi connectivity index (χ4v) is 1.82. The van der Waals surface area contributed by atoms with E-state index in [1.165, 1.54) is 0 Å². The Labute approximate surface area is 110 Å². The van der Waals surface area contributed by atoms with Crippen molar-refractivity contribution < 1.29 is 0 Å². The van der Waals surface area contributed by atoms with Gasteiger partial charge in [0.15, 0.2) is 0 Å². The van der Waals surface area contributed by atoms with Crippen molar-refractivity contribution in [1.29, 1.82) is 0 Å². The summed E-state index contributed by atoms with van der Waals surface area (Å²) in [5, 5.41) is 19.0. The maximum absolute atomic E-state index is 4.54. The van der Waals surface area contributed by atoms with Crippen molar-refractivity contribution in [3.05, 3.63) is 0 Å². The molecule has 0 aromatic rings. The van der Waals surface area contributed by atoms with Gasteiger partial charge in [0.1, 0.15) is 5.71 Å². The van der Waals surface area contributed by atoms with Crippen molar-refractivity contribution in [3.63, 3.8) is 0 Å². The predicted octanol–water partition coefficient (Wildman–Crippen LogP) is 0.923. The van der Waals surface area contributed by atoms with Crippen LogP contribution in [0.4, 0.5) is 0 Å². The minimum atomic E-state index is 0.911. The molecule has 102 valence electrons. The molecule has 18 heavy (non-hydrogen) atoms. The Morgan fingerprint density at radius 3 is 1.39 bits per heavy atom. The molecule has 6 nitrogen and oxygen atoms in total. The van der Waals surface area contributed by atoms with E-state index in [0.29, 0.717) is 0 Å². The third kappa shape index (κ3) is 4.35. The third-order valence-corrected chi connectivity index (χ3v) is 2.32. The van der Waals surface area contributed by atoms with Crippen molar-refractivity contribution in [2.24, 2.45) is 15.3 Å². The van der Waals surface area contributed by atoms with E-state index in [0.717, 1.165) is 36.4 Å². The van der Waals surface area contributed by atoms with E-state index < -0.39 is 0 Å². The minimum Gasteiger partial charge on any atom is -0.303 e. The SMILES string of the molecule is CN(C)N=C1/C(=N\N(C)C)CCC/C1=N\N(C)C. The zero-order valence-electron chi connectivity index (χ0n) is 12.3. The van der Waals surface area contributed by atoms with Crippen LogP contribution >= 0.6 is 0 Å². The molecule has 0 heterocycles. The third-order valence-electron chi connectivity index (χ3n) is 2.32. The average molecular weight is 252 g/mol. The first-order valence-corrected chi connectivity index (χ1v) is 6.16. The van der Waals surface area contributed by atoms with Crippen LogP contribution in [-0.2, 0) is 0 Å². The zero-order chi connectivity index (χ0) is 13.7. The summed E-state index contributed by atoms with van der Waals surface area (Å²) in [7, 11) is 11.6. The number of nitrogens with zero attached hydrogens (tertiary/aromatic N) is 6. The summed E-state index contributed by atoms with van der Waals surface area (Å²) in [6.45, 7) is 0. The topological polar surface area (TPSA) is 46.8 Å². The second kappa shape index (κ2) is 6.37. The van der Waals surface area contributed by atoms with Gasteiger partial charge in [-0.05, 0) is 19.3 Å². The molecule has 0 N–H and O–H groups in total. The van der Waals surface area contributed by atoms with Crippen LogP contribution in [0.1, 0.15) is 19.3 Å². The molecule has 1 rings (SSSR count). The summed E-state index contributed by atoms with van der Waals surface area (Å²) in [5.41, 5.74) is 2.94. The highest BCUT2D eigenvalue weighted by molar-refractivity contribution is 6.69. The van der Waals surface area contributed by atoms with Crippen LogP contribution in [0.3, 0.4) is 0 Å². The molecular formula is C12H24N6. The van der Waals surface area contributed by atoms with Crippen molar-refractivity contribution in [3.8, 4) is 0 Å². The van der Waals surface area contributed by atoms with Gasteiger partial charge in [-0.15, -0.1) is 0 Å². The molecule has 0 spiro atoms. The molecule has 0 bridgehead atoms. The molecule has 1 aliphatic carbocycles. The van der Waals surface area contributed by atoms with E-state index in [1.807, 2.05) is 52.3 Å². The summed E-state index contributed by atoms with van der Waals surface area (Å²) in [4.78, 5) is 0. The Morgan fingerprint density at radius 1 is 0.667 bits per heavy atom. The highest BCUT2D eigenvalue weighted by Gasteiger charge is 2.23. The van der Waals surface area contributed by atoms with Crippen molar-refractivity contribution in [2.45, 2.75) is 19.3 Å². The molecule has 0 aromatic carbocycles. The van der Waals surface area contributed by atoms with Crippen LogP contribution in [0.5, 0.6) is 0 Å². The lowest BCUT2D eigenvalue weighted by Crippen LogP contribution is -2.33. The summed E-state index contributed by atoms with van der Waals surface area (Å²) in [6.07, 6.45) is 2.99. The molecule has 6 heteroatoms. The standard InChI is InChI=1S/C12H24N6/c1-16(2)13-10-8-7-9-11(14-17(3)4)12(10)15-18(5)6/h7-9H2,1-6H3/b13-10-,14-11+,15-12?. The van der Waals surface area contributed by atoms with Gasteiger partial charge in [-0.1, -0.05) is 0 Å². The average Bonchev–Trinajstić information content (AvgIpc) is 2.20. The second-order valence-corrected chi connectivity index (χ2v) is 4.94. The van der Waals surface area contributed by atoms with Crippen LogP contribution < -0.4 is 0 Å². The first kappa shape index (κ1) is 14.5. The fraction of sp³-hybridized carbons (Fsp3) is 0.750. The maximum atomic E-state index is 4.54. The molecule has 0 saturated heterocycles. The van der Waals surface area contributed by atoms with Gasteiger partial charge in [0, 0.05) is 42.3 Å². The van der Waals surface area contributed by atoms with Crippen LogP contribution in [0.15, 0.2) is 15.3 Å². The number of hydrogen-bond acceptors (Lipinski definition) is 6. The Balaban J connectivity index is 3.13. The van der Waals surface area contributed by atoms with Gasteiger partial charge in [-0.2, -0.15) is 15.3 Å². The molecule has 0 amide bonds. The Hall–Kier alpha value is -1.59. The first-order chi connectivity index (χ1) is 8.40. The van der Waals surface area contributed by atoms with Gasteiger partial charge in [-0.3, -0.25) is 0 Å². The first-order valence-electron chi connectivity index (χ1n) is 6.16. The van der Waals surface area contributed by atoms with E-state index in [1.54, 1.807) is 5.01 Å². The summed E-state index contributed by atoms with van der Waals surface area (Å²) < 4.78 is 0. The van der Waals surface area contributed by atoms with E-state index in [9.17, 15) is 0 Å². The quantitative estimate of drug-likeness (QED) is 0.702. The van der Waals surface area contributed by atoms with Gasteiger partial charge in [0.2, 0.25) is 0 Å². The minimum absolute atomic E-state index is 0.911. The molecule has 0 unspecified atom stereocenters. The van der Waals surface area contributed by atoms with Gasteiger partial charge in [-0.25, -0.2) is 0 Å². The predicted molar refractivity (Wildman–Crippen MR) is 77.2 cm³/mol. The van der Waals surface area contributed by atoms with Crippen LogP contribution in [0.2, 0.25) is 0 Å². The number of hydrogen-bond donors (Lipinski definition) is 0. The summed E-state index contributed by atoms with van der Waals surface area (Å²) >= 11 is 0. The summed E-state index contributed by atoms with van der Waals surface area (Å²) in [6, 6.07) is 0. The van der Waals surface area contributed by atoms with Gasteiger partial charge in [0.25, 0.3) is 0 Å². The van der Waals surface area contributed by atoms with E-state index >= 15 is 0 Å². The molecule has 0 radical (unpaired) electrons. The molecule has 0 aromatic heterocycles. The van der Waals surface area contributed by atoms with E-state index in [2.05, 4.69) is 15.3 Å². The van der Waals surface area contributed by atoms with Gasteiger partial charge < -0.3 is 15.0 Å². The molecular weight excluding hydrogens is 228 g/mol. The largest absolute Gasteiger partial charge is 0.303 e. The lowest BCUT2D eigenvalue weighted by molar-refractivity contribution is 0.428. The monoisotopic (exact) mass is 252 g/mol. The van der Waals surface area contributed by atoms with Crippen molar-refractivity contribution >= 4 is 17.1 Å². The smallest absolute Gasteiger partial charge is 0.130 e. The highest BCUT2D eigenvalue weighted by Crippen LogP contribution is 2.13. The van der Waals surface area contributed by atoms with Crippen LogP contribution in [0, 0.1) is 0 Å². The number of rotatable bonds is 3. The number of hydrazone groups is 3. The van der Waals surface area contributed by atoms with Gasteiger partial charge in [0.05, 0.1) is 11.4 Å². The lowest BCUT2D eigenvalue weighted by atomic mass is 9.94. The maximum Gasteiger partial charge on any atom is 0.130 e. The lowest BCUT2D eigenvalue weighted by Gasteiger charge is -2.22. The van der Waals surface area contributed by atoms with Crippen LogP contribution in [-0.4, -0.2) is 74.4 Å². The molecule has 1 aliphatic rings. The normalized spacial score (nSPS) is 22.7.